The fourth-order valence-electron chi connectivity index (χ4n) is 2.43. The Morgan fingerprint density at radius 1 is 1.29 bits per heavy atom. The molecule has 2 heterocycles. The molecule has 1 aromatic carbocycles. The molecule has 0 aliphatic carbocycles. The maximum atomic E-state index is 11.7. The minimum absolute atomic E-state index is 0.218. The maximum Gasteiger partial charge on any atom is 0.249 e. The molecule has 2 amide bonds. The van der Waals surface area contributed by atoms with Crippen molar-refractivity contribution in [1.82, 2.24) is 15.1 Å². The topological polar surface area (TPSA) is 76.0 Å². The van der Waals surface area contributed by atoms with E-state index in [0.717, 1.165) is 11.3 Å². The van der Waals surface area contributed by atoms with Crippen LogP contribution < -0.4 is 10.6 Å². The summed E-state index contributed by atoms with van der Waals surface area (Å²) in [5.41, 5.74) is 2.02. The SMILES string of the molecule is Cn1nc(NC2CCC(=O)NC2=O)cc1-c1ccccc1. The van der Waals surface area contributed by atoms with Crippen LogP contribution in [0.2, 0.25) is 0 Å². The first-order valence-electron chi connectivity index (χ1n) is 6.83. The number of aryl methyl sites for hydroxylation is 1. The number of imide groups is 1. The predicted molar refractivity (Wildman–Crippen MR) is 78.4 cm³/mol. The molecule has 1 aliphatic rings. The molecule has 0 spiro atoms. The largest absolute Gasteiger partial charge is 0.357 e. The van der Waals surface area contributed by atoms with Crippen LogP contribution in [-0.2, 0) is 16.6 Å². The van der Waals surface area contributed by atoms with Crippen LogP contribution in [-0.4, -0.2) is 27.6 Å². The van der Waals surface area contributed by atoms with Crippen LogP contribution in [0.3, 0.4) is 0 Å². The number of aromatic nitrogens is 2. The van der Waals surface area contributed by atoms with E-state index < -0.39 is 6.04 Å². The van der Waals surface area contributed by atoms with Gasteiger partial charge in [-0.25, -0.2) is 0 Å². The fraction of sp³-hybridized carbons (Fsp3) is 0.267. The molecule has 6 heteroatoms. The molecule has 2 N–H and O–H groups in total. The molecule has 1 aliphatic heterocycles. The molecule has 0 bridgehead atoms. The first-order valence-corrected chi connectivity index (χ1v) is 6.83. The van der Waals surface area contributed by atoms with Crippen molar-refractivity contribution in [3.8, 4) is 11.3 Å². The third-order valence-corrected chi connectivity index (χ3v) is 3.51. The predicted octanol–water partition coefficient (Wildman–Crippen LogP) is 1.30. The molecule has 1 saturated heterocycles. The number of rotatable bonds is 3. The Labute approximate surface area is 122 Å². The summed E-state index contributed by atoms with van der Waals surface area (Å²) in [6.45, 7) is 0. The molecular weight excluding hydrogens is 268 g/mol. The normalized spacial score (nSPS) is 18.4. The molecule has 6 nitrogen and oxygen atoms in total. The Kier molecular flexibility index (Phi) is 3.43. The minimum atomic E-state index is -0.416. The number of hydrogen-bond acceptors (Lipinski definition) is 4. The summed E-state index contributed by atoms with van der Waals surface area (Å²) < 4.78 is 1.77. The number of hydrogen-bond donors (Lipinski definition) is 2. The zero-order chi connectivity index (χ0) is 14.8. The van der Waals surface area contributed by atoms with Crippen molar-refractivity contribution in [2.24, 2.45) is 7.05 Å². The van der Waals surface area contributed by atoms with Crippen LogP contribution in [0, 0.1) is 0 Å². The molecule has 1 aromatic heterocycles. The lowest BCUT2D eigenvalue weighted by atomic mass is 10.1. The monoisotopic (exact) mass is 284 g/mol. The van der Waals surface area contributed by atoms with Crippen molar-refractivity contribution in [2.75, 3.05) is 5.32 Å². The summed E-state index contributed by atoms with van der Waals surface area (Å²) in [4.78, 5) is 22.9. The number of benzene rings is 1. The van der Waals surface area contributed by atoms with Gasteiger partial charge in [0.25, 0.3) is 0 Å². The van der Waals surface area contributed by atoms with Gasteiger partial charge in [0.1, 0.15) is 11.9 Å². The van der Waals surface area contributed by atoms with E-state index in [2.05, 4.69) is 15.7 Å². The Hall–Kier alpha value is -2.63. The minimum Gasteiger partial charge on any atom is -0.357 e. The number of nitrogens with zero attached hydrogens (tertiary/aromatic N) is 2. The molecule has 2 aromatic rings. The Bertz CT molecular complexity index is 678. The average Bonchev–Trinajstić information content (AvgIpc) is 2.84. The zero-order valence-corrected chi connectivity index (χ0v) is 11.7. The van der Waals surface area contributed by atoms with Crippen LogP contribution in [0.4, 0.5) is 5.82 Å². The summed E-state index contributed by atoms with van der Waals surface area (Å²) >= 11 is 0. The van der Waals surface area contributed by atoms with Gasteiger partial charge in [-0.1, -0.05) is 30.3 Å². The Morgan fingerprint density at radius 2 is 2.05 bits per heavy atom. The van der Waals surface area contributed by atoms with E-state index in [-0.39, 0.29) is 11.8 Å². The van der Waals surface area contributed by atoms with Gasteiger partial charge < -0.3 is 5.32 Å². The molecule has 3 rings (SSSR count). The lowest BCUT2D eigenvalue weighted by molar-refractivity contribution is -0.133. The summed E-state index contributed by atoms with van der Waals surface area (Å²) in [5, 5.41) is 9.79. The fourth-order valence-corrected chi connectivity index (χ4v) is 2.43. The van der Waals surface area contributed by atoms with Crippen molar-refractivity contribution >= 4 is 17.6 Å². The highest BCUT2D eigenvalue weighted by Crippen LogP contribution is 2.22. The van der Waals surface area contributed by atoms with Gasteiger partial charge in [-0.2, -0.15) is 5.10 Å². The van der Waals surface area contributed by atoms with Crippen LogP contribution in [0.25, 0.3) is 11.3 Å². The second-order valence-corrected chi connectivity index (χ2v) is 5.05. The van der Waals surface area contributed by atoms with Gasteiger partial charge in [0.15, 0.2) is 0 Å². The molecule has 0 radical (unpaired) electrons. The number of nitrogens with one attached hydrogen (secondary N) is 2. The van der Waals surface area contributed by atoms with Gasteiger partial charge in [-0.15, -0.1) is 0 Å². The summed E-state index contributed by atoms with van der Waals surface area (Å²) in [5.74, 6) is 0.119. The number of carbonyl (C=O) groups is 2. The molecule has 1 unspecified atom stereocenters. The third kappa shape index (κ3) is 2.79. The van der Waals surface area contributed by atoms with Gasteiger partial charge in [0.05, 0.1) is 5.69 Å². The highest BCUT2D eigenvalue weighted by Gasteiger charge is 2.27. The van der Waals surface area contributed by atoms with Gasteiger partial charge in [0.2, 0.25) is 11.8 Å². The van der Waals surface area contributed by atoms with E-state index >= 15 is 0 Å². The third-order valence-electron chi connectivity index (χ3n) is 3.51. The summed E-state index contributed by atoms with van der Waals surface area (Å²) in [7, 11) is 1.86. The van der Waals surface area contributed by atoms with Crippen molar-refractivity contribution in [3.63, 3.8) is 0 Å². The standard InChI is InChI=1S/C15H16N4O2/c1-19-12(10-5-3-2-4-6-10)9-13(18-19)16-11-7-8-14(20)17-15(11)21/h2-6,9,11H,7-8H2,1H3,(H,16,18)(H,17,20,21). The van der Waals surface area contributed by atoms with E-state index in [4.69, 9.17) is 0 Å². The summed E-state index contributed by atoms with van der Waals surface area (Å²) in [6.07, 6.45) is 0.837. The van der Waals surface area contributed by atoms with Crippen molar-refractivity contribution in [3.05, 3.63) is 36.4 Å². The van der Waals surface area contributed by atoms with Gasteiger partial charge >= 0.3 is 0 Å². The number of anilines is 1. The number of carbonyl (C=O) groups excluding carboxylic acids is 2. The second-order valence-electron chi connectivity index (χ2n) is 5.05. The second kappa shape index (κ2) is 5.40. The number of amides is 2. The van der Waals surface area contributed by atoms with E-state index in [1.807, 2.05) is 43.4 Å². The molecular formula is C15H16N4O2. The van der Waals surface area contributed by atoms with E-state index in [1.165, 1.54) is 0 Å². The Morgan fingerprint density at radius 3 is 2.76 bits per heavy atom. The van der Waals surface area contributed by atoms with E-state index in [9.17, 15) is 9.59 Å². The van der Waals surface area contributed by atoms with E-state index in [0.29, 0.717) is 18.7 Å². The first kappa shape index (κ1) is 13.4. The van der Waals surface area contributed by atoms with Crippen LogP contribution in [0.5, 0.6) is 0 Å². The average molecular weight is 284 g/mol. The molecule has 108 valence electrons. The summed E-state index contributed by atoms with van der Waals surface area (Å²) in [6, 6.07) is 11.4. The van der Waals surface area contributed by atoms with Crippen LogP contribution >= 0.6 is 0 Å². The van der Waals surface area contributed by atoms with E-state index in [1.54, 1.807) is 4.68 Å². The maximum absolute atomic E-state index is 11.7. The smallest absolute Gasteiger partial charge is 0.249 e. The van der Waals surface area contributed by atoms with Crippen molar-refractivity contribution < 1.29 is 9.59 Å². The Balaban J connectivity index is 1.79. The highest BCUT2D eigenvalue weighted by molar-refractivity contribution is 6.01. The molecule has 1 atom stereocenters. The quantitative estimate of drug-likeness (QED) is 0.833. The molecule has 0 saturated carbocycles. The zero-order valence-electron chi connectivity index (χ0n) is 11.7. The lowest BCUT2D eigenvalue weighted by Crippen LogP contribution is -2.47. The van der Waals surface area contributed by atoms with Gasteiger partial charge in [-0.05, 0) is 12.0 Å². The molecule has 21 heavy (non-hydrogen) atoms. The molecule has 1 fully saturated rings. The first-order chi connectivity index (χ1) is 10.1. The number of piperidine rings is 1. The van der Waals surface area contributed by atoms with Crippen LogP contribution in [0.1, 0.15) is 12.8 Å². The van der Waals surface area contributed by atoms with Crippen molar-refractivity contribution in [1.29, 1.82) is 0 Å². The van der Waals surface area contributed by atoms with Gasteiger partial charge in [-0.3, -0.25) is 19.6 Å². The highest BCUT2D eigenvalue weighted by atomic mass is 16.2. The van der Waals surface area contributed by atoms with Crippen LogP contribution in [0.15, 0.2) is 36.4 Å². The van der Waals surface area contributed by atoms with Gasteiger partial charge in [0, 0.05) is 19.5 Å². The lowest BCUT2D eigenvalue weighted by Gasteiger charge is -2.21. The van der Waals surface area contributed by atoms with Crippen molar-refractivity contribution in [2.45, 2.75) is 18.9 Å².